The number of carbonyl (C=O) groups excluding carboxylic acids is 2. The monoisotopic (exact) mass is 485 g/mol. The third kappa shape index (κ3) is 5.04. The first-order chi connectivity index (χ1) is 16.7. The molecule has 1 aromatic carbocycles. The Bertz CT molecular complexity index is 1220. The summed E-state index contributed by atoms with van der Waals surface area (Å²) in [6.45, 7) is 5.47. The maximum Gasteiger partial charge on any atom is 0.275 e. The highest BCUT2D eigenvalue weighted by Crippen LogP contribution is 2.31. The molecule has 0 radical (unpaired) electrons. The average molecular weight is 486 g/mol. The number of halogens is 1. The van der Waals surface area contributed by atoms with Crippen molar-refractivity contribution in [2.45, 2.75) is 45.3 Å². The first-order valence-electron chi connectivity index (χ1n) is 11.3. The van der Waals surface area contributed by atoms with Crippen LogP contribution in [0, 0.1) is 18.7 Å². The summed E-state index contributed by atoms with van der Waals surface area (Å²) in [5.74, 6) is -2.30. The molecular weight excluding hydrogens is 457 g/mol. The highest BCUT2D eigenvalue weighted by atomic mass is 19.1. The van der Waals surface area contributed by atoms with Crippen LogP contribution in [0.1, 0.15) is 37.6 Å². The van der Waals surface area contributed by atoms with Crippen molar-refractivity contribution in [2.75, 3.05) is 6.54 Å². The van der Waals surface area contributed by atoms with Gasteiger partial charge in [-0.1, -0.05) is 19.0 Å². The SMILES string of the molecule is Cc1cc(C(C(=O)N2CC(O)CC2C(=O)NOc2ccc(-c3ccnn3C)cc2F)C(C)C)on1. The van der Waals surface area contributed by atoms with Crippen LogP contribution in [0.2, 0.25) is 0 Å². The largest absolute Gasteiger partial charge is 0.391 e. The van der Waals surface area contributed by atoms with Gasteiger partial charge in [-0.25, -0.2) is 4.39 Å². The normalized spacial score (nSPS) is 18.7. The van der Waals surface area contributed by atoms with Gasteiger partial charge in [0.15, 0.2) is 11.6 Å². The predicted molar refractivity (Wildman–Crippen MR) is 122 cm³/mol. The van der Waals surface area contributed by atoms with Gasteiger partial charge in [0.25, 0.3) is 5.91 Å². The minimum absolute atomic E-state index is 0.0129. The maximum absolute atomic E-state index is 14.6. The second-order valence-corrected chi connectivity index (χ2v) is 9.04. The van der Waals surface area contributed by atoms with Gasteiger partial charge >= 0.3 is 0 Å². The third-order valence-electron chi connectivity index (χ3n) is 6.06. The summed E-state index contributed by atoms with van der Waals surface area (Å²) in [5.41, 5.74) is 4.18. The van der Waals surface area contributed by atoms with Crippen molar-refractivity contribution in [3.05, 3.63) is 53.8 Å². The highest BCUT2D eigenvalue weighted by Gasteiger charge is 2.43. The number of aliphatic hydroxyl groups excluding tert-OH is 1. The summed E-state index contributed by atoms with van der Waals surface area (Å²) in [6, 6.07) is 6.76. The van der Waals surface area contributed by atoms with E-state index in [0.29, 0.717) is 17.0 Å². The van der Waals surface area contributed by atoms with E-state index in [1.54, 1.807) is 43.0 Å². The number of nitrogens with zero attached hydrogens (tertiary/aromatic N) is 4. The summed E-state index contributed by atoms with van der Waals surface area (Å²) < 4.78 is 21.6. The highest BCUT2D eigenvalue weighted by molar-refractivity contribution is 5.91. The Balaban J connectivity index is 1.46. The molecule has 2 amide bonds. The van der Waals surface area contributed by atoms with Crippen LogP contribution in [0.5, 0.6) is 5.75 Å². The lowest BCUT2D eigenvalue weighted by Crippen LogP contribution is -2.48. The van der Waals surface area contributed by atoms with Crippen molar-refractivity contribution in [1.82, 2.24) is 25.3 Å². The number of nitrogens with one attached hydrogen (secondary N) is 1. The van der Waals surface area contributed by atoms with Crippen molar-refractivity contribution in [2.24, 2.45) is 13.0 Å². The molecule has 186 valence electrons. The molecule has 3 unspecified atom stereocenters. The van der Waals surface area contributed by atoms with Crippen LogP contribution >= 0.6 is 0 Å². The number of aromatic nitrogens is 3. The summed E-state index contributed by atoms with van der Waals surface area (Å²) >= 11 is 0. The lowest BCUT2D eigenvalue weighted by Gasteiger charge is -2.28. The second-order valence-electron chi connectivity index (χ2n) is 9.04. The topological polar surface area (TPSA) is 123 Å². The molecule has 3 aromatic rings. The Morgan fingerprint density at radius 2 is 2.06 bits per heavy atom. The molecule has 0 aliphatic carbocycles. The predicted octanol–water partition coefficient (Wildman–Crippen LogP) is 2.33. The van der Waals surface area contributed by atoms with Crippen molar-refractivity contribution in [1.29, 1.82) is 0 Å². The van der Waals surface area contributed by atoms with Gasteiger partial charge in [-0.2, -0.15) is 10.6 Å². The van der Waals surface area contributed by atoms with Crippen LogP contribution in [0.3, 0.4) is 0 Å². The number of carbonyl (C=O) groups is 2. The Morgan fingerprint density at radius 1 is 1.29 bits per heavy atom. The number of likely N-dealkylation sites (tertiary alicyclic amines) is 1. The number of amides is 2. The molecule has 1 fully saturated rings. The number of β-amino-alcohol motifs (C(OH)–C–C–N with tert-alkyl or cyclic N) is 1. The van der Waals surface area contributed by atoms with E-state index in [1.165, 1.54) is 17.0 Å². The standard InChI is InChI=1S/C24H28FN5O5/c1-13(2)22(21-9-14(3)27-35-21)24(33)30-12-16(31)11-19(30)23(32)28-34-20-6-5-15(10-17(20)25)18-7-8-26-29(18)4/h5-10,13,16,19,22,31H,11-12H2,1-4H3,(H,28,32). The maximum atomic E-state index is 14.6. The van der Waals surface area contributed by atoms with E-state index in [4.69, 9.17) is 9.36 Å². The van der Waals surface area contributed by atoms with Crippen LogP contribution in [-0.2, 0) is 16.6 Å². The molecule has 0 spiro atoms. The lowest BCUT2D eigenvalue weighted by atomic mass is 9.91. The number of hydrogen-bond acceptors (Lipinski definition) is 7. The summed E-state index contributed by atoms with van der Waals surface area (Å²) in [6.07, 6.45) is 0.756. The fourth-order valence-corrected chi connectivity index (χ4v) is 4.32. The number of hydroxylamine groups is 1. The van der Waals surface area contributed by atoms with Crippen molar-refractivity contribution < 1.29 is 28.4 Å². The zero-order valence-corrected chi connectivity index (χ0v) is 19.9. The van der Waals surface area contributed by atoms with Crippen molar-refractivity contribution in [3.63, 3.8) is 0 Å². The first kappa shape index (κ1) is 24.4. The second kappa shape index (κ2) is 9.87. The fraction of sp³-hybridized carbons (Fsp3) is 0.417. The summed E-state index contributed by atoms with van der Waals surface area (Å²) in [5, 5.41) is 18.1. The van der Waals surface area contributed by atoms with Gasteiger partial charge in [0.2, 0.25) is 5.91 Å². The molecule has 10 nitrogen and oxygen atoms in total. The van der Waals surface area contributed by atoms with E-state index in [0.717, 1.165) is 5.69 Å². The van der Waals surface area contributed by atoms with Gasteiger partial charge in [0.05, 0.1) is 17.5 Å². The van der Waals surface area contributed by atoms with Gasteiger partial charge in [0, 0.05) is 37.8 Å². The Labute approximate surface area is 201 Å². The number of benzene rings is 1. The van der Waals surface area contributed by atoms with Gasteiger partial charge in [-0.3, -0.25) is 14.3 Å². The number of hydrogen-bond donors (Lipinski definition) is 2. The average Bonchev–Trinajstić information content (AvgIpc) is 3.52. The molecule has 1 saturated heterocycles. The Morgan fingerprint density at radius 3 is 2.66 bits per heavy atom. The number of rotatable bonds is 7. The molecule has 0 bridgehead atoms. The Hall–Kier alpha value is -3.73. The molecule has 2 aromatic heterocycles. The molecule has 35 heavy (non-hydrogen) atoms. The van der Waals surface area contributed by atoms with Crippen molar-refractivity contribution >= 4 is 11.8 Å². The van der Waals surface area contributed by atoms with Gasteiger partial charge in [-0.05, 0) is 37.1 Å². The van der Waals surface area contributed by atoms with Gasteiger partial charge in [0.1, 0.15) is 17.7 Å². The molecule has 4 rings (SSSR count). The molecule has 2 N–H and O–H groups in total. The molecule has 1 aliphatic heterocycles. The first-order valence-corrected chi connectivity index (χ1v) is 11.3. The molecule has 11 heteroatoms. The summed E-state index contributed by atoms with van der Waals surface area (Å²) in [4.78, 5) is 32.9. The molecular formula is C24H28FN5O5. The molecule has 1 aliphatic rings. The lowest BCUT2D eigenvalue weighted by molar-refractivity contribution is -0.143. The van der Waals surface area contributed by atoms with Crippen LogP contribution in [0.4, 0.5) is 4.39 Å². The molecule has 0 saturated carbocycles. The van der Waals surface area contributed by atoms with E-state index in [1.807, 2.05) is 13.8 Å². The van der Waals surface area contributed by atoms with Gasteiger partial charge in [-0.15, -0.1) is 0 Å². The number of aliphatic hydroxyl groups is 1. The van der Waals surface area contributed by atoms with Crippen LogP contribution in [-0.4, -0.2) is 55.4 Å². The van der Waals surface area contributed by atoms with Crippen molar-refractivity contribution in [3.8, 4) is 17.0 Å². The van der Waals surface area contributed by atoms with E-state index < -0.39 is 29.8 Å². The third-order valence-corrected chi connectivity index (χ3v) is 6.06. The zero-order valence-electron chi connectivity index (χ0n) is 19.9. The summed E-state index contributed by atoms with van der Waals surface area (Å²) in [7, 11) is 1.74. The minimum Gasteiger partial charge on any atom is -0.391 e. The molecule has 3 heterocycles. The minimum atomic E-state index is -0.987. The van der Waals surface area contributed by atoms with Crippen LogP contribution in [0.25, 0.3) is 11.3 Å². The number of aryl methyl sites for hydroxylation is 2. The van der Waals surface area contributed by atoms with E-state index in [9.17, 15) is 19.1 Å². The smallest absolute Gasteiger partial charge is 0.275 e. The Kier molecular flexibility index (Phi) is 6.88. The van der Waals surface area contributed by atoms with Gasteiger partial charge < -0.3 is 19.4 Å². The van der Waals surface area contributed by atoms with Crippen LogP contribution < -0.4 is 10.3 Å². The van der Waals surface area contributed by atoms with E-state index in [2.05, 4.69) is 15.7 Å². The van der Waals surface area contributed by atoms with E-state index in [-0.39, 0.29) is 30.5 Å². The molecule has 3 atom stereocenters. The fourth-order valence-electron chi connectivity index (χ4n) is 4.32. The quantitative estimate of drug-likeness (QED) is 0.493. The van der Waals surface area contributed by atoms with E-state index >= 15 is 0 Å². The zero-order chi connectivity index (χ0) is 25.3. The van der Waals surface area contributed by atoms with Crippen LogP contribution in [0.15, 0.2) is 41.1 Å².